The predicted molar refractivity (Wildman–Crippen MR) is 119 cm³/mol. The minimum absolute atomic E-state index is 0.00521. The van der Waals surface area contributed by atoms with E-state index in [-0.39, 0.29) is 24.0 Å². The van der Waals surface area contributed by atoms with E-state index in [9.17, 15) is 23.6 Å². The molecule has 1 fully saturated rings. The second-order valence-electron chi connectivity index (χ2n) is 7.90. The summed E-state index contributed by atoms with van der Waals surface area (Å²) in [6.45, 7) is 0.532. The number of nitrogens with one attached hydrogen (secondary N) is 2. The molecule has 0 radical (unpaired) electrons. The summed E-state index contributed by atoms with van der Waals surface area (Å²) in [6, 6.07) is 6.99. The van der Waals surface area contributed by atoms with Crippen LogP contribution in [0.5, 0.6) is 0 Å². The summed E-state index contributed by atoms with van der Waals surface area (Å²) in [4.78, 5) is 52.0. The largest absolute Gasteiger partial charge is 0.465 e. The number of furan rings is 1. The smallest absolute Gasteiger partial charge is 0.325 e. The average molecular weight is 474 g/mol. The number of rotatable bonds is 10. The molecule has 1 unspecified atom stereocenters. The van der Waals surface area contributed by atoms with Gasteiger partial charge in [-0.25, -0.2) is 4.39 Å². The number of hydrogen-bond acceptors (Lipinski definition) is 6. The fraction of sp³-hybridized carbons (Fsp3) is 0.417. The summed E-state index contributed by atoms with van der Waals surface area (Å²) in [5, 5.41) is 5.28. The Balaban J connectivity index is 1.88. The third-order valence-electron chi connectivity index (χ3n) is 5.53. The van der Waals surface area contributed by atoms with Crippen LogP contribution in [0.2, 0.25) is 0 Å². The van der Waals surface area contributed by atoms with E-state index in [0.29, 0.717) is 0 Å². The minimum atomic E-state index is -1.43. The van der Waals surface area contributed by atoms with Gasteiger partial charge in [0, 0.05) is 11.6 Å². The summed E-state index contributed by atoms with van der Waals surface area (Å²) in [5.74, 6) is -3.48. The van der Waals surface area contributed by atoms with Crippen molar-refractivity contribution in [2.45, 2.75) is 44.7 Å². The highest BCUT2D eigenvalue weighted by Gasteiger charge is 2.36. The summed E-state index contributed by atoms with van der Waals surface area (Å²) in [7, 11) is 0. The summed E-state index contributed by atoms with van der Waals surface area (Å²) >= 11 is 0. The fourth-order valence-electron chi connectivity index (χ4n) is 3.92. The standard InChI is InChI=1S/C24H28FN3O6/c1-2-33-21(30)15-28(20(29)14-26-23(31)19-12-7-13-34-19)22(17-10-5-6-11-18(17)25)24(32)27-16-8-3-4-9-16/h5-7,10-13,16,22H,2-4,8-9,14-15H2,1H3,(H,26,31)(H,27,32). The van der Waals surface area contributed by atoms with Gasteiger partial charge in [0.05, 0.1) is 19.4 Å². The quantitative estimate of drug-likeness (QED) is 0.512. The molecule has 3 amide bonds. The molecule has 1 atom stereocenters. The minimum Gasteiger partial charge on any atom is -0.465 e. The second-order valence-corrected chi connectivity index (χ2v) is 7.90. The van der Waals surface area contributed by atoms with Gasteiger partial charge in [-0.05, 0) is 38.0 Å². The Morgan fingerprint density at radius 2 is 1.88 bits per heavy atom. The van der Waals surface area contributed by atoms with Crippen LogP contribution in [0.3, 0.4) is 0 Å². The number of esters is 1. The number of halogens is 1. The maximum absolute atomic E-state index is 14.8. The van der Waals surface area contributed by atoms with E-state index in [0.717, 1.165) is 30.6 Å². The molecule has 1 aromatic heterocycles. The molecule has 0 saturated heterocycles. The first kappa shape index (κ1) is 24.9. The molecule has 1 saturated carbocycles. The Bertz CT molecular complexity index is 1000. The van der Waals surface area contributed by atoms with Crippen LogP contribution in [0.4, 0.5) is 4.39 Å². The van der Waals surface area contributed by atoms with Crippen LogP contribution in [0.1, 0.15) is 54.8 Å². The second kappa shape index (κ2) is 12.0. The predicted octanol–water partition coefficient (Wildman–Crippen LogP) is 2.34. The van der Waals surface area contributed by atoms with Crippen molar-refractivity contribution < 1.29 is 32.7 Å². The number of carbonyl (C=O) groups excluding carboxylic acids is 4. The van der Waals surface area contributed by atoms with E-state index < -0.39 is 48.6 Å². The first-order chi connectivity index (χ1) is 16.4. The Labute approximate surface area is 196 Å². The van der Waals surface area contributed by atoms with Gasteiger partial charge in [-0.2, -0.15) is 0 Å². The Kier molecular flexibility index (Phi) is 8.78. The van der Waals surface area contributed by atoms with Crippen LogP contribution in [0.25, 0.3) is 0 Å². The molecule has 0 bridgehead atoms. The van der Waals surface area contributed by atoms with Gasteiger partial charge in [-0.1, -0.05) is 31.0 Å². The van der Waals surface area contributed by atoms with Crippen LogP contribution in [0.15, 0.2) is 47.1 Å². The molecule has 9 nitrogen and oxygen atoms in total. The highest BCUT2D eigenvalue weighted by molar-refractivity contribution is 5.96. The first-order valence-corrected chi connectivity index (χ1v) is 11.2. The van der Waals surface area contributed by atoms with Gasteiger partial charge in [0.2, 0.25) is 11.8 Å². The molecule has 0 spiro atoms. The normalized spacial score (nSPS) is 14.3. The maximum Gasteiger partial charge on any atom is 0.325 e. The van der Waals surface area contributed by atoms with E-state index in [1.165, 1.54) is 36.6 Å². The zero-order chi connectivity index (χ0) is 24.5. The topological polar surface area (TPSA) is 118 Å². The van der Waals surface area contributed by atoms with Crippen LogP contribution in [-0.2, 0) is 19.1 Å². The summed E-state index contributed by atoms with van der Waals surface area (Å²) < 4.78 is 24.8. The molecule has 2 N–H and O–H groups in total. The van der Waals surface area contributed by atoms with E-state index in [1.54, 1.807) is 13.0 Å². The van der Waals surface area contributed by atoms with Gasteiger partial charge in [-0.3, -0.25) is 19.2 Å². The van der Waals surface area contributed by atoms with Gasteiger partial charge in [0.15, 0.2) is 5.76 Å². The monoisotopic (exact) mass is 473 g/mol. The van der Waals surface area contributed by atoms with Gasteiger partial charge in [0.1, 0.15) is 18.4 Å². The SMILES string of the molecule is CCOC(=O)CN(C(=O)CNC(=O)c1ccco1)C(C(=O)NC1CCCC1)c1ccccc1F. The Hall–Kier alpha value is -3.69. The van der Waals surface area contributed by atoms with Crippen molar-refractivity contribution in [3.8, 4) is 0 Å². The van der Waals surface area contributed by atoms with E-state index >= 15 is 0 Å². The van der Waals surface area contributed by atoms with E-state index in [2.05, 4.69) is 10.6 Å². The molecule has 3 rings (SSSR count). The third-order valence-corrected chi connectivity index (χ3v) is 5.53. The molecule has 1 aromatic carbocycles. The van der Waals surface area contributed by atoms with Crippen molar-refractivity contribution in [2.75, 3.05) is 19.7 Å². The molecule has 1 aliphatic carbocycles. The lowest BCUT2D eigenvalue weighted by atomic mass is 10.0. The van der Waals surface area contributed by atoms with Crippen molar-refractivity contribution in [3.63, 3.8) is 0 Å². The number of amides is 3. The first-order valence-electron chi connectivity index (χ1n) is 11.2. The zero-order valence-corrected chi connectivity index (χ0v) is 18.9. The van der Waals surface area contributed by atoms with Crippen LogP contribution in [0, 0.1) is 5.82 Å². The number of hydrogen-bond donors (Lipinski definition) is 2. The molecule has 1 aliphatic rings. The maximum atomic E-state index is 14.8. The number of ether oxygens (including phenoxy) is 1. The van der Waals surface area contributed by atoms with Crippen molar-refractivity contribution in [2.24, 2.45) is 0 Å². The van der Waals surface area contributed by atoms with Gasteiger partial charge >= 0.3 is 5.97 Å². The highest BCUT2D eigenvalue weighted by Crippen LogP contribution is 2.26. The Morgan fingerprint density at radius 1 is 1.15 bits per heavy atom. The van der Waals surface area contributed by atoms with E-state index in [4.69, 9.17) is 9.15 Å². The Morgan fingerprint density at radius 3 is 2.53 bits per heavy atom. The van der Waals surface area contributed by atoms with Gasteiger partial charge < -0.3 is 24.7 Å². The molecule has 182 valence electrons. The zero-order valence-electron chi connectivity index (χ0n) is 18.9. The lowest BCUT2D eigenvalue weighted by Gasteiger charge is -2.31. The van der Waals surface area contributed by atoms with Crippen LogP contribution in [-0.4, -0.2) is 54.3 Å². The number of carbonyl (C=O) groups is 4. The fourth-order valence-corrected chi connectivity index (χ4v) is 3.92. The third kappa shape index (κ3) is 6.43. The summed E-state index contributed by atoms with van der Waals surface area (Å²) in [5.41, 5.74) is -0.0620. The highest BCUT2D eigenvalue weighted by atomic mass is 19.1. The molecular formula is C24H28FN3O6. The molecule has 2 aromatic rings. The molecule has 0 aliphatic heterocycles. The van der Waals surface area contributed by atoms with Crippen LogP contribution >= 0.6 is 0 Å². The van der Waals surface area contributed by atoms with Crippen molar-refractivity contribution in [1.29, 1.82) is 0 Å². The average Bonchev–Trinajstić information content (AvgIpc) is 3.53. The molecule has 10 heteroatoms. The van der Waals surface area contributed by atoms with Crippen molar-refractivity contribution >= 4 is 23.7 Å². The van der Waals surface area contributed by atoms with Gasteiger partial charge in [-0.15, -0.1) is 0 Å². The number of nitrogens with zero attached hydrogens (tertiary/aromatic N) is 1. The molecule has 34 heavy (non-hydrogen) atoms. The molecular weight excluding hydrogens is 445 g/mol. The lowest BCUT2D eigenvalue weighted by molar-refractivity contribution is -0.152. The van der Waals surface area contributed by atoms with Crippen molar-refractivity contribution in [1.82, 2.24) is 15.5 Å². The summed E-state index contributed by atoms with van der Waals surface area (Å²) in [6.07, 6.45) is 4.78. The van der Waals surface area contributed by atoms with Gasteiger partial charge in [0.25, 0.3) is 5.91 Å². The van der Waals surface area contributed by atoms with E-state index in [1.807, 2.05) is 0 Å². The lowest BCUT2D eigenvalue weighted by Crippen LogP contribution is -2.50. The number of benzene rings is 1. The molecule has 1 heterocycles. The van der Waals surface area contributed by atoms with Crippen molar-refractivity contribution in [3.05, 3.63) is 59.8 Å². The van der Waals surface area contributed by atoms with Crippen LogP contribution < -0.4 is 10.6 Å².